The van der Waals surface area contributed by atoms with Crippen LogP contribution in [0.15, 0.2) is 24.4 Å². The highest BCUT2D eigenvalue weighted by atomic mass is 35.5. The average Bonchev–Trinajstić information content (AvgIpc) is 2.85. The van der Waals surface area contributed by atoms with Gasteiger partial charge in [0, 0.05) is 17.1 Å². The Morgan fingerprint density at radius 3 is 2.46 bits per heavy atom. The summed E-state index contributed by atoms with van der Waals surface area (Å²) in [5.74, 6) is 0. The fraction of sp³-hybridized carbons (Fsp3) is 0.571. The fourth-order valence-electron chi connectivity index (χ4n) is 2.97. The SMILES string of the molecule is CC(C)(C)CCCC(O)c1cn(C(=O)OC(C)(C)C)c2cccc(Cl)c12. The lowest BCUT2D eigenvalue weighted by Gasteiger charge is -2.19. The predicted molar refractivity (Wildman–Crippen MR) is 107 cm³/mol. The van der Waals surface area contributed by atoms with Gasteiger partial charge in [0.2, 0.25) is 0 Å². The lowest BCUT2D eigenvalue weighted by Crippen LogP contribution is -2.26. The quantitative estimate of drug-likeness (QED) is 0.675. The van der Waals surface area contributed by atoms with Crippen molar-refractivity contribution in [2.24, 2.45) is 5.41 Å². The Labute approximate surface area is 161 Å². The molecule has 1 N–H and O–H groups in total. The van der Waals surface area contributed by atoms with Gasteiger partial charge in [-0.25, -0.2) is 4.79 Å². The van der Waals surface area contributed by atoms with Crippen molar-refractivity contribution in [3.63, 3.8) is 0 Å². The minimum atomic E-state index is -0.677. The molecule has 0 radical (unpaired) electrons. The van der Waals surface area contributed by atoms with Gasteiger partial charge in [-0.3, -0.25) is 4.57 Å². The number of aliphatic hydroxyl groups excluding tert-OH is 1. The van der Waals surface area contributed by atoms with Crippen molar-refractivity contribution in [2.75, 3.05) is 0 Å². The van der Waals surface area contributed by atoms with Gasteiger partial charge >= 0.3 is 6.09 Å². The number of hydrogen-bond donors (Lipinski definition) is 1. The summed E-state index contributed by atoms with van der Waals surface area (Å²) in [5, 5.41) is 12.0. The van der Waals surface area contributed by atoms with Crippen LogP contribution in [-0.2, 0) is 4.74 Å². The zero-order chi connectivity index (χ0) is 19.7. The first-order valence-electron chi connectivity index (χ1n) is 9.10. The zero-order valence-corrected chi connectivity index (χ0v) is 17.4. The van der Waals surface area contributed by atoms with Gasteiger partial charge in [-0.05, 0) is 51.2 Å². The monoisotopic (exact) mass is 379 g/mol. The van der Waals surface area contributed by atoms with E-state index >= 15 is 0 Å². The molecule has 1 aromatic heterocycles. The molecule has 1 atom stereocenters. The second-order valence-corrected chi connectivity index (χ2v) is 9.44. The molecule has 2 aromatic rings. The maximum Gasteiger partial charge on any atom is 0.419 e. The molecule has 0 spiro atoms. The smallest absolute Gasteiger partial charge is 0.419 e. The molecular formula is C21H30ClNO3. The molecular weight excluding hydrogens is 350 g/mol. The van der Waals surface area contributed by atoms with E-state index < -0.39 is 17.8 Å². The highest BCUT2D eigenvalue weighted by Gasteiger charge is 2.24. The number of hydrogen-bond acceptors (Lipinski definition) is 3. The van der Waals surface area contributed by atoms with Crippen molar-refractivity contribution < 1.29 is 14.6 Å². The Bertz CT molecular complexity index is 781. The van der Waals surface area contributed by atoms with Crippen LogP contribution in [0, 0.1) is 5.41 Å². The van der Waals surface area contributed by atoms with E-state index in [0.29, 0.717) is 27.9 Å². The Morgan fingerprint density at radius 2 is 1.88 bits per heavy atom. The van der Waals surface area contributed by atoms with Gasteiger partial charge in [0.15, 0.2) is 0 Å². The third-order valence-corrected chi connectivity index (χ3v) is 4.48. The molecule has 0 aliphatic heterocycles. The third kappa shape index (κ3) is 5.24. The van der Waals surface area contributed by atoms with Gasteiger partial charge in [0.1, 0.15) is 5.60 Å². The third-order valence-electron chi connectivity index (χ3n) is 4.16. The van der Waals surface area contributed by atoms with Crippen molar-refractivity contribution in [1.29, 1.82) is 0 Å². The van der Waals surface area contributed by atoms with Crippen LogP contribution in [0.2, 0.25) is 5.02 Å². The Morgan fingerprint density at radius 1 is 1.23 bits per heavy atom. The zero-order valence-electron chi connectivity index (χ0n) is 16.6. The number of fused-ring (bicyclic) bond motifs is 1. The second kappa shape index (κ2) is 7.61. The molecule has 26 heavy (non-hydrogen) atoms. The minimum Gasteiger partial charge on any atom is -0.443 e. The highest BCUT2D eigenvalue weighted by molar-refractivity contribution is 6.35. The first kappa shape index (κ1) is 20.8. The van der Waals surface area contributed by atoms with E-state index in [1.807, 2.05) is 26.8 Å². The lowest BCUT2D eigenvalue weighted by atomic mass is 9.88. The van der Waals surface area contributed by atoms with Crippen LogP contribution in [0.3, 0.4) is 0 Å². The van der Waals surface area contributed by atoms with Crippen LogP contribution < -0.4 is 0 Å². The molecule has 0 fully saturated rings. The molecule has 4 nitrogen and oxygen atoms in total. The van der Waals surface area contributed by atoms with E-state index in [-0.39, 0.29) is 5.41 Å². The standard InChI is InChI=1S/C21H30ClNO3/c1-20(2,3)12-8-11-17(24)14-13-23(19(25)26-21(4,5)6)16-10-7-9-15(22)18(14)16/h7,9-10,13,17,24H,8,11-12H2,1-6H3. The summed E-state index contributed by atoms with van der Waals surface area (Å²) in [7, 11) is 0. The topological polar surface area (TPSA) is 51.5 Å². The van der Waals surface area contributed by atoms with Crippen LogP contribution in [0.1, 0.15) is 72.5 Å². The van der Waals surface area contributed by atoms with Crippen molar-refractivity contribution in [3.05, 3.63) is 35.0 Å². The summed E-state index contributed by atoms with van der Waals surface area (Å²) in [4.78, 5) is 12.6. The summed E-state index contributed by atoms with van der Waals surface area (Å²) in [6, 6.07) is 5.38. The number of carbonyl (C=O) groups is 1. The maximum atomic E-state index is 12.6. The average molecular weight is 380 g/mol. The summed E-state index contributed by atoms with van der Waals surface area (Å²) in [6.07, 6.45) is 3.04. The number of carbonyl (C=O) groups excluding carboxylic acids is 1. The number of ether oxygens (including phenoxy) is 1. The van der Waals surface area contributed by atoms with Gasteiger partial charge in [0.05, 0.1) is 16.6 Å². The van der Waals surface area contributed by atoms with E-state index in [1.54, 1.807) is 18.3 Å². The fourth-order valence-corrected chi connectivity index (χ4v) is 3.25. The van der Waals surface area contributed by atoms with Gasteiger partial charge in [-0.1, -0.05) is 44.9 Å². The molecule has 0 aliphatic carbocycles. The largest absolute Gasteiger partial charge is 0.443 e. The number of nitrogens with zero attached hydrogens (tertiary/aromatic N) is 1. The predicted octanol–water partition coefficient (Wildman–Crippen LogP) is 6.33. The Hall–Kier alpha value is -1.52. The molecule has 2 rings (SSSR count). The summed E-state index contributed by atoms with van der Waals surface area (Å²) < 4.78 is 6.93. The second-order valence-electron chi connectivity index (χ2n) is 9.04. The first-order valence-corrected chi connectivity index (χ1v) is 9.48. The molecule has 0 aliphatic rings. The summed E-state index contributed by atoms with van der Waals surface area (Å²) in [6.45, 7) is 12.0. The summed E-state index contributed by atoms with van der Waals surface area (Å²) >= 11 is 6.39. The first-order chi connectivity index (χ1) is 11.9. The normalized spacial score (nSPS) is 13.8. The lowest BCUT2D eigenvalue weighted by molar-refractivity contribution is 0.0543. The van der Waals surface area contributed by atoms with Crippen LogP contribution in [0.5, 0.6) is 0 Å². The molecule has 1 heterocycles. The molecule has 5 heteroatoms. The van der Waals surface area contributed by atoms with Gasteiger partial charge < -0.3 is 9.84 Å². The highest BCUT2D eigenvalue weighted by Crippen LogP contribution is 2.35. The van der Waals surface area contributed by atoms with Gasteiger partial charge in [0.25, 0.3) is 0 Å². The molecule has 0 saturated carbocycles. The number of aromatic nitrogens is 1. The molecule has 1 unspecified atom stereocenters. The van der Waals surface area contributed by atoms with E-state index in [0.717, 1.165) is 12.8 Å². The number of halogens is 1. The Balaban J connectivity index is 2.36. The number of benzene rings is 1. The van der Waals surface area contributed by atoms with E-state index in [9.17, 15) is 9.90 Å². The minimum absolute atomic E-state index is 0.224. The van der Waals surface area contributed by atoms with Crippen LogP contribution in [-0.4, -0.2) is 21.4 Å². The molecule has 0 saturated heterocycles. The van der Waals surface area contributed by atoms with Crippen LogP contribution in [0.4, 0.5) is 4.79 Å². The maximum absolute atomic E-state index is 12.6. The van der Waals surface area contributed by atoms with E-state index in [1.165, 1.54) is 4.57 Å². The molecule has 0 bridgehead atoms. The Kier molecular flexibility index (Phi) is 6.09. The summed E-state index contributed by atoms with van der Waals surface area (Å²) in [5.41, 5.74) is 0.946. The molecule has 1 aromatic carbocycles. The van der Waals surface area contributed by atoms with Crippen molar-refractivity contribution >= 4 is 28.6 Å². The van der Waals surface area contributed by atoms with Crippen molar-refractivity contribution in [3.8, 4) is 0 Å². The molecule has 144 valence electrons. The number of aliphatic hydroxyl groups is 1. The van der Waals surface area contributed by atoms with Gasteiger partial charge in [-0.15, -0.1) is 0 Å². The van der Waals surface area contributed by atoms with Gasteiger partial charge in [-0.2, -0.15) is 0 Å². The van der Waals surface area contributed by atoms with E-state index in [4.69, 9.17) is 16.3 Å². The number of rotatable bonds is 4. The van der Waals surface area contributed by atoms with Crippen molar-refractivity contribution in [2.45, 2.75) is 72.5 Å². The van der Waals surface area contributed by atoms with Crippen LogP contribution >= 0.6 is 11.6 Å². The van der Waals surface area contributed by atoms with Crippen LogP contribution in [0.25, 0.3) is 10.9 Å². The van der Waals surface area contributed by atoms with Crippen molar-refractivity contribution in [1.82, 2.24) is 4.57 Å². The molecule has 0 amide bonds. The van der Waals surface area contributed by atoms with E-state index in [2.05, 4.69) is 20.8 Å².